The van der Waals surface area contributed by atoms with E-state index in [2.05, 4.69) is 37.7 Å². The first-order chi connectivity index (χ1) is 9.08. The largest absolute Gasteiger partial charge is 0.465 e. The van der Waals surface area contributed by atoms with E-state index < -0.39 is 6.09 Å². The average Bonchev–Trinajstić information content (AvgIpc) is 2.95. The van der Waals surface area contributed by atoms with Crippen LogP contribution in [-0.4, -0.2) is 48.8 Å². The van der Waals surface area contributed by atoms with Gasteiger partial charge in [0.2, 0.25) is 0 Å². The van der Waals surface area contributed by atoms with Gasteiger partial charge in [0.05, 0.1) is 0 Å². The predicted molar refractivity (Wildman–Crippen MR) is 74.9 cm³/mol. The van der Waals surface area contributed by atoms with Crippen molar-refractivity contribution in [1.29, 1.82) is 0 Å². The highest BCUT2D eigenvalue weighted by Gasteiger charge is 2.31. The van der Waals surface area contributed by atoms with E-state index in [4.69, 9.17) is 10.8 Å². The van der Waals surface area contributed by atoms with Gasteiger partial charge in [0.25, 0.3) is 0 Å². The van der Waals surface area contributed by atoms with Crippen LogP contribution in [0.2, 0.25) is 0 Å². The van der Waals surface area contributed by atoms with E-state index in [9.17, 15) is 4.79 Å². The lowest BCUT2D eigenvalue weighted by molar-refractivity contribution is 0.155. The summed E-state index contributed by atoms with van der Waals surface area (Å²) in [6.07, 6.45) is 1.23. The Kier molecular flexibility index (Phi) is 2.92. The number of carbonyl (C=O) groups is 1. The van der Waals surface area contributed by atoms with Crippen molar-refractivity contribution in [1.82, 2.24) is 24.5 Å². The Morgan fingerprint density at radius 1 is 1.58 bits per heavy atom. The third kappa shape index (κ3) is 1.97. The number of hydrogen-bond donors (Lipinski definition) is 2. The van der Waals surface area contributed by atoms with Crippen LogP contribution in [0.4, 0.5) is 10.6 Å². The van der Waals surface area contributed by atoms with E-state index in [1.807, 2.05) is 0 Å². The molecule has 0 radical (unpaired) electrons. The van der Waals surface area contributed by atoms with E-state index in [1.54, 1.807) is 4.52 Å². The van der Waals surface area contributed by atoms with Crippen LogP contribution in [0, 0.1) is 3.70 Å². The van der Waals surface area contributed by atoms with Gasteiger partial charge in [-0.25, -0.2) is 19.3 Å². The molecule has 3 heterocycles. The molecule has 1 fully saturated rings. The SMILES string of the molecule is Nc1ncnn2c(C3CCN(C(=O)O)C3)nc(I)c12. The predicted octanol–water partition coefficient (Wildman–Crippen LogP) is 0.778. The number of nitrogen functional groups attached to an aromatic ring is 1. The van der Waals surface area contributed by atoms with Gasteiger partial charge in [-0.3, -0.25) is 0 Å². The van der Waals surface area contributed by atoms with Crippen molar-refractivity contribution in [3.8, 4) is 0 Å². The fraction of sp³-hybridized carbons (Fsp3) is 0.400. The van der Waals surface area contributed by atoms with Gasteiger partial charge in [0.15, 0.2) is 5.82 Å². The average molecular weight is 374 g/mol. The number of nitrogens with zero attached hydrogens (tertiary/aromatic N) is 5. The molecule has 3 N–H and O–H groups in total. The lowest BCUT2D eigenvalue weighted by Gasteiger charge is -2.11. The fourth-order valence-corrected chi connectivity index (χ4v) is 3.10. The zero-order chi connectivity index (χ0) is 13.6. The van der Waals surface area contributed by atoms with Crippen molar-refractivity contribution in [3.05, 3.63) is 15.9 Å². The molecule has 0 aromatic carbocycles. The molecule has 0 bridgehead atoms. The van der Waals surface area contributed by atoms with Crippen LogP contribution >= 0.6 is 22.6 Å². The van der Waals surface area contributed by atoms with E-state index in [-0.39, 0.29) is 5.92 Å². The summed E-state index contributed by atoms with van der Waals surface area (Å²) < 4.78 is 2.40. The highest BCUT2D eigenvalue weighted by molar-refractivity contribution is 14.1. The Balaban J connectivity index is 2.03. The molecule has 1 amide bonds. The van der Waals surface area contributed by atoms with Crippen LogP contribution in [-0.2, 0) is 0 Å². The molecular weight excluding hydrogens is 363 g/mol. The molecular formula is C10H11IN6O2. The van der Waals surface area contributed by atoms with E-state index in [0.717, 1.165) is 15.9 Å². The summed E-state index contributed by atoms with van der Waals surface area (Å²) in [5.41, 5.74) is 6.51. The number of likely N-dealkylation sites (tertiary alicyclic amines) is 1. The quantitative estimate of drug-likeness (QED) is 0.714. The van der Waals surface area contributed by atoms with E-state index in [0.29, 0.717) is 24.4 Å². The molecule has 1 aliphatic heterocycles. The first-order valence-electron chi connectivity index (χ1n) is 5.70. The van der Waals surface area contributed by atoms with Gasteiger partial charge in [0.1, 0.15) is 21.4 Å². The normalized spacial score (nSPS) is 19.2. The summed E-state index contributed by atoms with van der Waals surface area (Å²) in [5, 5.41) is 13.2. The Hall–Kier alpha value is -1.65. The van der Waals surface area contributed by atoms with Gasteiger partial charge in [-0.1, -0.05) is 0 Å². The Labute approximate surface area is 121 Å². The summed E-state index contributed by atoms with van der Waals surface area (Å²) in [4.78, 5) is 20.8. The zero-order valence-corrected chi connectivity index (χ0v) is 12.0. The Bertz CT molecular complexity index is 657. The van der Waals surface area contributed by atoms with E-state index >= 15 is 0 Å². The molecule has 1 saturated heterocycles. The molecule has 2 aromatic rings. The van der Waals surface area contributed by atoms with Crippen molar-refractivity contribution >= 4 is 40.0 Å². The van der Waals surface area contributed by atoms with Crippen molar-refractivity contribution < 1.29 is 9.90 Å². The first kappa shape index (κ1) is 12.4. The molecule has 0 saturated carbocycles. The molecule has 1 aliphatic rings. The highest BCUT2D eigenvalue weighted by atomic mass is 127. The van der Waals surface area contributed by atoms with Gasteiger partial charge in [-0.15, -0.1) is 0 Å². The molecule has 100 valence electrons. The molecule has 8 nitrogen and oxygen atoms in total. The minimum absolute atomic E-state index is 0.0430. The van der Waals surface area contributed by atoms with Gasteiger partial charge in [-0.2, -0.15) is 5.10 Å². The number of anilines is 1. The summed E-state index contributed by atoms with van der Waals surface area (Å²) in [5.74, 6) is 1.17. The fourth-order valence-electron chi connectivity index (χ4n) is 2.34. The lowest BCUT2D eigenvalue weighted by atomic mass is 10.1. The number of nitrogens with two attached hydrogens (primary N) is 1. The monoisotopic (exact) mass is 374 g/mol. The second-order valence-corrected chi connectivity index (χ2v) is 5.40. The number of carboxylic acid groups (broad SMARTS) is 1. The minimum Gasteiger partial charge on any atom is -0.465 e. The van der Waals surface area contributed by atoms with Crippen LogP contribution in [0.5, 0.6) is 0 Å². The first-order valence-corrected chi connectivity index (χ1v) is 6.78. The molecule has 19 heavy (non-hydrogen) atoms. The summed E-state index contributed by atoms with van der Waals surface area (Å²) >= 11 is 2.09. The maximum absolute atomic E-state index is 11.0. The summed E-state index contributed by atoms with van der Waals surface area (Å²) in [6.45, 7) is 0.959. The molecule has 0 spiro atoms. The van der Waals surface area contributed by atoms with Gasteiger partial charge < -0.3 is 15.7 Å². The summed E-state index contributed by atoms with van der Waals surface area (Å²) in [6, 6.07) is 0. The van der Waals surface area contributed by atoms with Crippen LogP contribution < -0.4 is 5.73 Å². The number of rotatable bonds is 1. The molecule has 1 unspecified atom stereocenters. The number of halogens is 1. The molecule has 1 atom stereocenters. The molecule has 9 heteroatoms. The molecule has 3 rings (SSSR count). The number of imidazole rings is 1. The van der Waals surface area contributed by atoms with Crippen LogP contribution in [0.25, 0.3) is 5.52 Å². The number of fused-ring (bicyclic) bond motifs is 1. The third-order valence-electron chi connectivity index (χ3n) is 3.27. The van der Waals surface area contributed by atoms with Crippen LogP contribution in [0.1, 0.15) is 18.2 Å². The van der Waals surface area contributed by atoms with E-state index in [1.165, 1.54) is 11.2 Å². The molecule has 2 aromatic heterocycles. The topological polar surface area (TPSA) is 110 Å². The third-order valence-corrected chi connectivity index (χ3v) is 4.02. The van der Waals surface area contributed by atoms with Crippen molar-refractivity contribution in [2.75, 3.05) is 18.8 Å². The smallest absolute Gasteiger partial charge is 0.407 e. The standard InChI is InChI=1S/C10H11IN6O2/c11-7-6-8(12)13-4-14-17(6)9(15-7)5-1-2-16(3-5)10(18)19/h4-5H,1-3H2,(H,18,19)(H2,12,13,14). The number of aromatic nitrogens is 4. The number of hydrogen-bond acceptors (Lipinski definition) is 5. The van der Waals surface area contributed by atoms with Crippen LogP contribution in [0.3, 0.4) is 0 Å². The zero-order valence-electron chi connectivity index (χ0n) is 9.82. The molecule has 0 aliphatic carbocycles. The summed E-state index contributed by atoms with van der Waals surface area (Å²) in [7, 11) is 0. The highest BCUT2D eigenvalue weighted by Crippen LogP contribution is 2.29. The lowest BCUT2D eigenvalue weighted by Crippen LogP contribution is -2.26. The second-order valence-electron chi connectivity index (χ2n) is 4.38. The van der Waals surface area contributed by atoms with Crippen molar-refractivity contribution in [2.45, 2.75) is 12.3 Å². The van der Waals surface area contributed by atoms with Gasteiger partial charge in [0, 0.05) is 19.0 Å². The Morgan fingerprint density at radius 3 is 3.05 bits per heavy atom. The van der Waals surface area contributed by atoms with Gasteiger partial charge in [-0.05, 0) is 29.0 Å². The van der Waals surface area contributed by atoms with Gasteiger partial charge >= 0.3 is 6.09 Å². The number of amides is 1. The maximum Gasteiger partial charge on any atom is 0.407 e. The second kappa shape index (κ2) is 4.47. The Morgan fingerprint density at radius 2 is 2.37 bits per heavy atom. The van der Waals surface area contributed by atoms with Crippen LogP contribution in [0.15, 0.2) is 6.33 Å². The van der Waals surface area contributed by atoms with Crippen molar-refractivity contribution in [2.24, 2.45) is 0 Å². The minimum atomic E-state index is -0.896. The van der Waals surface area contributed by atoms with Crippen molar-refractivity contribution in [3.63, 3.8) is 0 Å². The maximum atomic E-state index is 11.0.